The maximum Gasteiger partial charge on any atom is 0.243 e. The maximum absolute atomic E-state index is 12.0. The average molecular weight is 356 g/mol. The van der Waals surface area contributed by atoms with E-state index in [-0.39, 0.29) is 24.4 Å². The molecule has 6 heteroatoms. The zero-order valence-corrected chi connectivity index (χ0v) is 14.2. The van der Waals surface area contributed by atoms with Crippen molar-refractivity contribution < 1.29 is 9.59 Å². The van der Waals surface area contributed by atoms with Gasteiger partial charge in [-0.25, -0.2) is 0 Å². The summed E-state index contributed by atoms with van der Waals surface area (Å²) in [6, 6.07) is 7.08. The third-order valence-corrected chi connectivity index (χ3v) is 3.57. The van der Waals surface area contributed by atoms with Crippen molar-refractivity contribution in [2.24, 2.45) is 0 Å². The summed E-state index contributed by atoms with van der Waals surface area (Å²) in [4.78, 5) is 25.7. The highest BCUT2D eigenvalue weighted by Crippen LogP contribution is 2.13. The molecule has 1 aromatic carbocycles. The molecule has 0 fully saturated rings. The van der Waals surface area contributed by atoms with Gasteiger partial charge in [0.1, 0.15) is 0 Å². The molecule has 0 aliphatic carbocycles. The van der Waals surface area contributed by atoms with Crippen molar-refractivity contribution in [1.29, 1.82) is 0 Å². The predicted octanol–water partition coefficient (Wildman–Crippen LogP) is 2.23. The van der Waals surface area contributed by atoms with Crippen LogP contribution < -0.4 is 10.6 Å². The number of anilines is 1. The molecule has 0 radical (unpaired) electrons. The second-order valence-electron chi connectivity index (χ2n) is 5.04. The molecule has 5 nitrogen and oxygen atoms in total. The van der Waals surface area contributed by atoms with Crippen molar-refractivity contribution in [3.63, 3.8) is 0 Å². The van der Waals surface area contributed by atoms with E-state index in [1.54, 1.807) is 12.1 Å². The van der Waals surface area contributed by atoms with Crippen LogP contribution in [0.25, 0.3) is 0 Å². The largest absolute Gasteiger partial charge is 0.346 e. The van der Waals surface area contributed by atoms with E-state index in [1.807, 2.05) is 38.1 Å². The molecule has 2 amide bonds. The van der Waals surface area contributed by atoms with Crippen LogP contribution in [-0.2, 0) is 9.59 Å². The van der Waals surface area contributed by atoms with Gasteiger partial charge in [0.05, 0.1) is 12.6 Å². The summed E-state index contributed by atoms with van der Waals surface area (Å²) in [6.45, 7) is 2.01. The number of likely N-dealkylation sites (N-methyl/N-ethyl adjacent to an activating group) is 1. The normalized spacial score (nSPS) is 12.0. The molecule has 0 heterocycles. The molecular weight excluding hydrogens is 334 g/mol. The van der Waals surface area contributed by atoms with Crippen LogP contribution in [0.4, 0.5) is 5.69 Å². The Morgan fingerprint density at radius 2 is 1.86 bits per heavy atom. The lowest BCUT2D eigenvalue weighted by Gasteiger charge is -2.22. The Hall–Kier alpha value is -1.40. The van der Waals surface area contributed by atoms with Crippen molar-refractivity contribution in [3.05, 3.63) is 28.7 Å². The summed E-state index contributed by atoms with van der Waals surface area (Å²) >= 11 is 3.33. The van der Waals surface area contributed by atoms with Gasteiger partial charge in [0, 0.05) is 10.2 Å². The van der Waals surface area contributed by atoms with Crippen molar-refractivity contribution in [2.45, 2.75) is 25.8 Å². The first kappa shape index (κ1) is 17.7. The van der Waals surface area contributed by atoms with Crippen molar-refractivity contribution in [3.8, 4) is 0 Å². The molecule has 0 aromatic heterocycles. The van der Waals surface area contributed by atoms with Crippen molar-refractivity contribution in [2.75, 3.05) is 26.0 Å². The first-order valence-electron chi connectivity index (χ1n) is 6.93. The fourth-order valence-electron chi connectivity index (χ4n) is 1.92. The Balaban J connectivity index is 2.44. The zero-order valence-electron chi connectivity index (χ0n) is 12.6. The highest BCUT2D eigenvalue weighted by Gasteiger charge is 2.19. The van der Waals surface area contributed by atoms with Gasteiger partial charge < -0.3 is 10.6 Å². The first-order chi connectivity index (χ1) is 9.93. The van der Waals surface area contributed by atoms with Gasteiger partial charge in [-0.3, -0.25) is 14.5 Å². The minimum atomic E-state index is -0.236. The molecule has 21 heavy (non-hydrogen) atoms. The SMILES string of the molecule is CCC[C@@H](C(=O)NCC(=O)Nc1ccc(Br)cc1)N(C)C. The van der Waals surface area contributed by atoms with E-state index in [0.717, 1.165) is 17.3 Å². The Labute approximate surface area is 134 Å². The Kier molecular flexibility index (Phi) is 7.39. The summed E-state index contributed by atoms with van der Waals surface area (Å²) in [5.41, 5.74) is 0.704. The first-order valence-corrected chi connectivity index (χ1v) is 7.73. The number of rotatable bonds is 7. The Morgan fingerprint density at radius 3 is 2.38 bits per heavy atom. The lowest BCUT2D eigenvalue weighted by molar-refractivity contribution is -0.127. The molecule has 1 atom stereocenters. The number of carbonyl (C=O) groups excluding carboxylic acids is 2. The molecule has 1 rings (SSSR count). The Bertz CT molecular complexity index is 474. The smallest absolute Gasteiger partial charge is 0.243 e. The van der Waals surface area contributed by atoms with E-state index in [2.05, 4.69) is 26.6 Å². The molecule has 2 N–H and O–H groups in total. The maximum atomic E-state index is 12.0. The molecule has 0 spiro atoms. The summed E-state index contributed by atoms with van der Waals surface area (Å²) < 4.78 is 0.946. The van der Waals surface area contributed by atoms with Crippen LogP contribution >= 0.6 is 15.9 Å². The van der Waals surface area contributed by atoms with Gasteiger partial charge in [-0.1, -0.05) is 29.3 Å². The Morgan fingerprint density at radius 1 is 1.24 bits per heavy atom. The second kappa shape index (κ2) is 8.79. The van der Waals surface area contributed by atoms with Gasteiger partial charge in [0.25, 0.3) is 0 Å². The summed E-state index contributed by atoms with van der Waals surface area (Å²) in [5, 5.41) is 5.41. The molecule has 0 saturated heterocycles. The number of halogens is 1. The summed E-state index contributed by atoms with van der Waals surface area (Å²) in [7, 11) is 3.73. The van der Waals surface area contributed by atoms with Gasteiger partial charge >= 0.3 is 0 Å². The average Bonchev–Trinajstić information content (AvgIpc) is 2.44. The third kappa shape index (κ3) is 6.27. The van der Waals surface area contributed by atoms with E-state index in [0.29, 0.717) is 5.69 Å². The number of nitrogens with one attached hydrogen (secondary N) is 2. The summed E-state index contributed by atoms with van der Waals surface area (Å²) in [5.74, 6) is -0.354. The number of hydrogen-bond acceptors (Lipinski definition) is 3. The van der Waals surface area contributed by atoms with Crippen molar-refractivity contribution in [1.82, 2.24) is 10.2 Å². The number of benzene rings is 1. The highest BCUT2D eigenvalue weighted by atomic mass is 79.9. The number of carbonyl (C=O) groups is 2. The van der Waals surface area contributed by atoms with Gasteiger partial charge in [-0.2, -0.15) is 0 Å². The molecule has 116 valence electrons. The van der Waals surface area contributed by atoms with E-state index in [1.165, 1.54) is 0 Å². The standard InChI is InChI=1S/C15H22BrN3O2/c1-4-5-13(19(2)3)15(21)17-10-14(20)18-12-8-6-11(16)7-9-12/h6-9,13H,4-5,10H2,1-3H3,(H,17,21)(H,18,20)/t13-/m0/s1. The van der Waals surface area contributed by atoms with Crippen LogP contribution in [-0.4, -0.2) is 43.4 Å². The molecular formula is C15H22BrN3O2. The molecule has 0 saturated carbocycles. The molecule has 0 aliphatic rings. The molecule has 0 aliphatic heterocycles. The molecule has 1 aromatic rings. The minimum Gasteiger partial charge on any atom is -0.346 e. The fourth-order valence-corrected chi connectivity index (χ4v) is 2.19. The van der Waals surface area contributed by atoms with Gasteiger partial charge in [-0.15, -0.1) is 0 Å². The predicted molar refractivity (Wildman–Crippen MR) is 88.2 cm³/mol. The van der Waals surface area contributed by atoms with Crippen LogP contribution in [0.2, 0.25) is 0 Å². The fraction of sp³-hybridized carbons (Fsp3) is 0.467. The lowest BCUT2D eigenvalue weighted by atomic mass is 10.1. The van der Waals surface area contributed by atoms with Gasteiger partial charge in [0.2, 0.25) is 11.8 Å². The van der Waals surface area contributed by atoms with Gasteiger partial charge in [0.15, 0.2) is 0 Å². The monoisotopic (exact) mass is 355 g/mol. The van der Waals surface area contributed by atoms with E-state index in [4.69, 9.17) is 0 Å². The lowest BCUT2D eigenvalue weighted by Crippen LogP contribution is -2.45. The number of nitrogens with zero attached hydrogens (tertiary/aromatic N) is 1. The number of hydrogen-bond donors (Lipinski definition) is 2. The zero-order chi connectivity index (χ0) is 15.8. The van der Waals surface area contributed by atoms with Crippen LogP contribution in [0.1, 0.15) is 19.8 Å². The highest BCUT2D eigenvalue weighted by molar-refractivity contribution is 9.10. The third-order valence-electron chi connectivity index (χ3n) is 3.04. The minimum absolute atomic E-state index is 0.0248. The van der Waals surface area contributed by atoms with E-state index < -0.39 is 0 Å². The quantitative estimate of drug-likeness (QED) is 0.788. The number of amides is 2. The molecule has 0 bridgehead atoms. The van der Waals surface area contributed by atoms with E-state index >= 15 is 0 Å². The van der Waals surface area contributed by atoms with Gasteiger partial charge in [-0.05, 0) is 44.8 Å². The van der Waals surface area contributed by atoms with Crippen LogP contribution in [0, 0.1) is 0 Å². The summed E-state index contributed by atoms with van der Waals surface area (Å²) in [6.07, 6.45) is 1.69. The second-order valence-corrected chi connectivity index (χ2v) is 5.96. The van der Waals surface area contributed by atoms with Crippen LogP contribution in [0.3, 0.4) is 0 Å². The van der Waals surface area contributed by atoms with Crippen LogP contribution in [0.15, 0.2) is 28.7 Å². The van der Waals surface area contributed by atoms with Crippen LogP contribution in [0.5, 0.6) is 0 Å². The molecule has 0 unspecified atom stereocenters. The van der Waals surface area contributed by atoms with E-state index in [9.17, 15) is 9.59 Å². The topological polar surface area (TPSA) is 61.4 Å². The van der Waals surface area contributed by atoms with Crippen molar-refractivity contribution >= 4 is 33.4 Å².